The molecule has 3 aromatic carbocycles. The first-order valence-electron chi connectivity index (χ1n) is 12.7. The Labute approximate surface area is 236 Å². The first kappa shape index (κ1) is 26.9. The van der Waals surface area contributed by atoms with Gasteiger partial charge in [0.05, 0.1) is 37.6 Å². The Balaban J connectivity index is 1.58. The maximum Gasteiger partial charge on any atom is 0.341 e. The van der Waals surface area contributed by atoms with E-state index in [1.54, 1.807) is 33.3 Å². The smallest absolute Gasteiger partial charge is 0.341 e. The number of carbonyl (C=O) groups is 2. The van der Waals surface area contributed by atoms with Crippen molar-refractivity contribution in [3.63, 3.8) is 0 Å². The number of anilines is 1. The Bertz CT molecular complexity index is 1710. The molecule has 0 saturated carbocycles. The van der Waals surface area contributed by atoms with Gasteiger partial charge in [-0.05, 0) is 49.7 Å². The summed E-state index contributed by atoms with van der Waals surface area (Å²) >= 11 is 1.29. The third kappa shape index (κ3) is 5.26. The van der Waals surface area contributed by atoms with Gasteiger partial charge >= 0.3 is 5.97 Å². The highest BCUT2D eigenvalue weighted by Crippen LogP contribution is 2.38. The standard InChI is InChI=1S/C32H28N2O5S/c1-5-39-32(36)29-24(20-12-10-19(2)11-13-20)18-40-31(29)34-30(35)23-17-26(33-25-9-7-6-8-22(23)25)21-14-15-27(37-3)28(16-21)38-4/h6-18H,5H2,1-4H3,(H,34,35). The summed E-state index contributed by atoms with van der Waals surface area (Å²) in [6.45, 7) is 3.98. The van der Waals surface area contributed by atoms with Crippen LogP contribution in [0.15, 0.2) is 78.2 Å². The summed E-state index contributed by atoms with van der Waals surface area (Å²) in [5.41, 5.74) is 5.49. The zero-order chi connectivity index (χ0) is 28.2. The van der Waals surface area contributed by atoms with Gasteiger partial charge in [-0.2, -0.15) is 0 Å². The van der Waals surface area contributed by atoms with Gasteiger partial charge in [0, 0.05) is 21.9 Å². The highest BCUT2D eigenvalue weighted by molar-refractivity contribution is 7.15. The molecule has 1 amide bonds. The number of esters is 1. The predicted octanol–water partition coefficient (Wildman–Crippen LogP) is 7.38. The number of carbonyl (C=O) groups excluding carboxylic acids is 2. The number of benzene rings is 3. The van der Waals surface area contributed by atoms with E-state index >= 15 is 0 Å². The lowest BCUT2D eigenvalue weighted by atomic mass is 10.0. The average molecular weight is 553 g/mol. The average Bonchev–Trinajstić information content (AvgIpc) is 3.40. The molecule has 8 heteroatoms. The van der Waals surface area contributed by atoms with Crippen molar-refractivity contribution >= 4 is 39.1 Å². The monoisotopic (exact) mass is 552 g/mol. The van der Waals surface area contributed by atoms with E-state index in [1.807, 2.05) is 73.0 Å². The molecule has 40 heavy (non-hydrogen) atoms. The molecule has 0 bridgehead atoms. The molecule has 5 aromatic rings. The summed E-state index contributed by atoms with van der Waals surface area (Å²) in [5, 5.41) is 5.97. The van der Waals surface area contributed by atoms with E-state index in [9.17, 15) is 9.59 Å². The maximum atomic E-state index is 13.8. The fraction of sp³-hybridized carbons (Fsp3) is 0.156. The summed E-state index contributed by atoms with van der Waals surface area (Å²) < 4.78 is 16.2. The number of ether oxygens (including phenoxy) is 3. The van der Waals surface area contributed by atoms with E-state index in [2.05, 4.69) is 5.32 Å². The molecular formula is C32H28N2O5S. The molecule has 0 aliphatic rings. The van der Waals surface area contributed by atoms with Gasteiger partial charge in [0.25, 0.3) is 5.91 Å². The van der Waals surface area contributed by atoms with Gasteiger partial charge < -0.3 is 19.5 Å². The number of nitrogens with zero attached hydrogens (tertiary/aromatic N) is 1. The summed E-state index contributed by atoms with van der Waals surface area (Å²) in [6.07, 6.45) is 0. The van der Waals surface area contributed by atoms with E-state index in [1.165, 1.54) is 11.3 Å². The van der Waals surface area contributed by atoms with E-state index in [0.29, 0.717) is 49.8 Å². The zero-order valence-electron chi connectivity index (χ0n) is 22.6. The number of aryl methyl sites for hydroxylation is 1. The molecule has 0 atom stereocenters. The Morgan fingerprint density at radius 2 is 1.62 bits per heavy atom. The number of pyridine rings is 1. The van der Waals surface area contributed by atoms with Crippen molar-refractivity contribution in [3.05, 3.63) is 94.9 Å². The summed E-state index contributed by atoms with van der Waals surface area (Å²) in [7, 11) is 3.15. The number of aromatic nitrogens is 1. The predicted molar refractivity (Wildman–Crippen MR) is 159 cm³/mol. The number of para-hydroxylation sites is 1. The maximum absolute atomic E-state index is 13.8. The first-order chi connectivity index (χ1) is 19.4. The quantitative estimate of drug-likeness (QED) is 0.202. The van der Waals surface area contributed by atoms with Crippen molar-refractivity contribution in [3.8, 4) is 33.9 Å². The highest BCUT2D eigenvalue weighted by atomic mass is 32.1. The third-order valence-electron chi connectivity index (χ3n) is 6.50. The molecule has 0 aliphatic heterocycles. The van der Waals surface area contributed by atoms with Crippen LogP contribution in [-0.4, -0.2) is 37.7 Å². The zero-order valence-corrected chi connectivity index (χ0v) is 23.4. The molecule has 202 valence electrons. The minimum atomic E-state index is -0.486. The Morgan fingerprint density at radius 3 is 2.35 bits per heavy atom. The molecule has 1 N–H and O–H groups in total. The number of methoxy groups -OCH3 is 2. The number of thiophene rings is 1. The van der Waals surface area contributed by atoms with Crippen LogP contribution in [0.5, 0.6) is 11.5 Å². The fourth-order valence-electron chi connectivity index (χ4n) is 4.48. The summed E-state index contributed by atoms with van der Waals surface area (Å²) in [6, 6.07) is 22.6. The van der Waals surface area contributed by atoms with E-state index in [-0.39, 0.29) is 12.5 Å². The van der Waals surface area contributed by atoms with E-state index < -0.39 is 5.97 Å². The summed E-state index contributed by atoms with van der Waals surface area (Å²) in [4.78, 5) is 31.7. The molecule has 0 radical (unpaired) electrons. The molecular weight excluding hydrogens is 524 g/mol. The fourth-order valence-corrected chi connectivity index (χ4v) is 5.43. The minimum absolute atomic E-state index is 0.221. The minimum Gasteiger partial charge on any atom is -0.493 e. The van der Waals surface area contributed by atoms with Gasteiger partial charge in [0.2, 0.25) is 0 Å². The summed E-state index contributed by atoms with van der Waals surface area (Å²) in [5.74, 6) is 0.309. The lowest BCUT2D eigenvalue weighted by Crippen LogP contribution is -2.15. The Hall–Kier alpha value is -4.69. The number of hydrogen-bond acceptors (Lipinski definition) is 7. The van der Waals surface area contributed by atoms with E-state index in [4.69, 9.17) is 19.2 Å². The van der Waals surface area contributed by atoms with Gasteiger partial charge in [-0.1, -0.05) is 48.0 Å². The number of hydrogen-bond donors (Lipinski definition) is 1. The van der Waals surface area contributed by atoms with Crippen LogP contribution in [0.25, 0.3) is 33.3 Å². The van der Waals surface area contributed by atoms with Crippen LogP contribution in [0, 0.1) is 6.92 Å². The molecule has 5 rings (SSSR count). The van der Waals surface area contributed by atoms with Gasteiger partial charge in [0.15, 0.2) is 11.5 Å². The topological polar surface area (TPSA) is 86.8 Å². The molecule has 7 nitrogen and oxygen atoms in total. The molecule has 0 aliphatic carbocycles. The van der Waals surface area contributed by atoms with Gasteiger partial charge in [0.1, 0.15) is 10.6 Å². The van der Waals surface area contributed by atoms with Crippen molar-refractivity contribution in [2.24, 2.45) is 0 Å². The van der Waals surface area contributed by atoms with Crippen LogP contribution in [0.1, 0.15) is 33.2 Å². The second kappa shape index (κ2) is 11.6. The number of amides is 1. The van der Waals surface area contributed by atoms with Crippen LogP contribution in [0.2, 0.25) is 0 Å². The van der Waals surface area contributed by atoms with E-state index in [0.717, 1.165) is 16.7 Å². The van der Waals surface area contributed by atoms with Crippen LogP contribution >= 0.6 is 11.3 Å². The van der Waals surface area contributed by atoms with Crippen LogP contribution in [-0.2, 0) is 4.74 Å². The Kier molecular flexibility index (Phi) is 7.79. The lowest BCUT2D eigenvalue weighted by Gasteiger charge is -2.13. The van der Waals surface area contributed by atoms with Crippen molar-refractivity contribution in [1.82, 2.24) is 4.98 Å². The van der Waals surface area contributed by atoms with Gasteiger partial charge in [-0.3, -0.25) is 4.79 Å². The molecule has 2 heterocycles. The van der Waals surface area contributed by atoms with Crippen molar-refractivity contribution in [1.29, 1.82) is 0 Å². The van der Waals surface area contributed by atoms with Crippen LogP contribution < -0.4 is 14.8 Å². The van der Waals surface area contributed by atoms with Crippen molar-refractivity contribution < 1.29 is 23.8 Å². The molecule has 0 fully saturated rings. The highest BCUT2D eigenvalue weighted by Gasteiger charge is 2.24. The van der Waals surface area contributed by atoms with Crippen molar-refractivity contribution in [2.75, 3.05) is 26.1 Å². The number of rotatable bonds is 8. The van der Waals surface area contributed by atoms with Gasteiger partial charge in [-0.25, -0.2) is 9.78 Å². The second-order valence-corrected chi connectivity index (χ2v) is 9.92. The largest absolute Gasteiger partial charge is 0.493 e. The molecule has 0 spiro atoms. The SMILES string of the molecule is CCOC(=O)c1c(-c2ccc(C)cc2)csc1NC(=O)c1cc(-c2ccc(OC)c(OC)c2)nc2ccccc12. The molecule has 2 aromatic heterocycles. The Morgan fingerprint density at radius 1 is 0.900 bits per heavy atom. The molecule has 0 unspecified atom stereocenters. The third-order valence-corrected chi connectivity index (χ3v) is 7.40. The first-order valence-corrected chi connectivity index (χ1v) is 13.6. The van der Waals surface area contributed by atoms with Crippen molar-refractivity contribution in [2.45, 2.75) is 13.8 Å². The lowest BCUT2D eigenvalue weighted by molar-refractivity contribution is 0.0529. The molecule has 0 saturated heterocycles. The number of fused-ring (bicyclic) bond motifs is 1. The second-order valence-electron chi connectivity index (χ2n) is 9.04. The van der Waals surface area contributed by atoms with Crippen LogP contribution in [0.3, 0.4) is 0 Å². The van der Waals surface area contributed by atoms with Crippen LogP contribution in [0.4, 0.5) is 5.00 Å². The van der Waals surface area contributed by atoms with Gasteiger partial charge in [-0.15, -0.1) is 11.3 Å². The number of nitrogens with one attached hydrogen (secondary N) is 1. The normalized spacial score (nSPS) is 10.8.